The van der Waals surface area contributed by atoms with Gasteiger partial charge in [0.05, 0.1) is 6.26 Å². The third-order valence-electron chi connectivity index (χ3n) is 5.95. The molecule has 1 saturated carbocycles. The predicted molar refractivity (Wildman–Crippen MR) is 107 cm³/mol. The summed E-state index contributed by atoms with van der Waals surface area (Å²) in [6.45, 7) is 3.92. The molecule has 4 heteroatoms. The molecule has 4 rings (SSSR count). The van der Waals surface area contributed by atoms with E-state index in [-0.39, 0.29) is 5.91 Å². The fraction of sp³-hybridized carbons (Fsp3) is 0.522. The second-order valence-electron chi connectivity index (χ2n) is 8.37. The molecule has 27 heavy (non-hydrogen) atoms. The summed E-state index contributed by atoms with van der Waals surface area (Å²) in [5.74, 6) is 1.91. The molecule has 0 bridgehead atoms. The van der Waals surface area contributed by atoms with E-state index in [0.29, 0.717) is 18.2 Å². The first kappa shape index (κ1) is 18.3. The van der Waals surface area contributed by atoms with E-state index < -0.39 is 0 Å². The minimum Gasteiger partial charge on any atom is -0.459 e. The number of furan rings is 1. The van der Waals surface area contributed by atoms with Crippen LogP contribution < -0.4 is 0 Å². The molecule has 2 aromatic rings. The number of hydrogen-bond acceptors (Lipinski definition) is 3. The fourth-order valence-corrected chi connectivity index (χ4v) is 3.99. The zero-order valence-corrected chi connectivity index (χ0v) is 16.3. The molecule has 1 aromatic carbocycles. The molecule has 2 fully saturated rings. The molecular formula is C23H30N2O2. The van der Waals surface area contributed by atoms with Crippen LogP contribution in [0.4, 0.5) is 0 Å². The molecule has 0 unspecified atom stereocenters. The topological polar surface area (TPSA) is 36.7 Å². The molecule has 0 spiro atoms. The lowest BCUT2D eigenvalue weighted by atomic mass is 9.90. The number of benzene rings is 1. The van der Waals surface area contributed by atoms with Crippen LogP contribution in [0.2, 0.25) is 0 Å². The highest BCUT2D eigenvalue weighted by Gasteiger charge is 2.28. The highest BCUT2D eigenvalue weighted by atomic mass is 16.3. The van der Waals surface area contributed by atoms with E-state index in [1.807, 2.05) is 4.90 Å². The van der Waals surface area contributed by atoms with Gasteiger partial charge >= 0.3 is 0 Å². The van der Waals surface area contributed by atoms with Crippen molar-refractivity contribution in [3.05, 3.63) is 59.5 Å². The Labute approximate surface area is 162 Å². The lowest BCUT2D eigenvalue weighted by Gasteiger charge is -2.29. The van der Waals surface area contributed by atoms with Gasteiger partial charge in [0.15, 0.2) is 5.76 Å². The molecule has 0 radical (unpaired) electrons. The second kappa shape index (κ2) is 8.30. The molecule has 1 aliphatic carbocycles. The summed E-state index contributed by atoms with van der Waals surface area (Å²) in [5.41, 5.74) is 2.61. The maximum Gasteiger partial charge on any atom is 0.289 e. The third kappa shape index (κ3) is 5.01. The van der Waals surface area contributed by atoms with Gasteiger partial charge in [-0.05, 0) is 87.3 Å². The number of piperidine rings is 1. The number of carbonyl (C=O) groups excluding carboxylic acids is 1. The van der Waals surface area contributed by atoms with Crippen LogP contribution in [0.15, 0.2) is 47.1 Å². The Morgan fingerprint density at radius 2 is 1.74 bits per heavy atom. The van der Waals surface area contributed by atoms with Crippen molar-refractivity contribution in [1.29, 1.82) is 0 Å². The molecule has 0 atom stereocenters. The van der Waals surface area contributed by atoms with E-state index in [4.69, 9.17) is 4.42 Å². The number of nitrogens with zero attached hydrogens (tertiary/aromatic N) is 2. The van der Waals surface area contributed by atoms with Crippen molar-refractivity contribution in [2.24, 2.45) is 11.8 Å². The zero-order valence-electron chi connectivity index (χ0n) is 16.3. The quantitative estimate of drug-likeness (QED) is 0.736. The third-order valence-corrected chi connectivity index (χ3v) is 5.95. The van der Waals surface area contributed by atoms with Gasteiger partial charge in [-0.15, -0.1) is 0 Å². The van der Waals surface area contributed by atoms with E-state index in [0.717, 1.165) is 12.5 Å². The Kier molecular flexibility index (Phi) is 5.63. The van der Waals surface area contributed by atoms with Crippen LogP contribution in [0.3, 0.4) is 0 Å². The van der Waals surface area contributed by atoms with Crippen LogP contribution in [0.1, 0.15) is 47.4 Å². The van der Waals surface area contributed by atoms with Gasteiger partial charge in [-0.2, -0.15) is 0 Å². The Morgan fingerprint density at radius 1 is 1.04 bits per heavy atom. The van der Waals surface area contributed by atoms with E-state index >= 15 is 0 Å². The summed E-state index contributed by atoms with van der Waals surface area (Å²) < 4.78 is 5.33. The molecular weight excluding hydrogens is 336 g/mol. The van der Waals surface area contributed by atoms with Gasteiger partial charge in [0.25, 0.3) is 5.91 Å². The maximum atomic E-state index is 12.8. The SMILES string of the molecule is CN1CCC(Cc2ccc(CN(CC3CC3)C(=O)c3ccco3)cc2)CC1. The summed E-state index contributed by atoms with van der Waals surface area (Å²) in [4.78, 5) is 17.1. The molecule has 2 aliphatic rings. The Hall–Kier alpha value is -2.07. The molecule has 2 heterocycles. The lowest BCUT2D eigenvalue weighted by Crippen LogP contribution is -2.32. The summed E-state index contributed by atoms with van der Waals surface area (Å²) >= 11 is 0. The van der Waals surface area contributed by atoms with Crippen LogP contribution in [0.25, 0.3) is 0 Å². The number of likely N-dealkylation sites (tertiary alicyclic amines) is 1. The fourth-order valence-electron chi connectivity index (χ4n) is 3.99. The van der Waals surface area contributed by atoms with E-state index in [1.165, 1.54) is 56.3 Å². The molecule has 1 amide bonds. The first-order valence-corrected chi connectivity index (χ1v) is 10.3. The zero-order chi connectivity index (χ0) is 18.6. The van der Waals surface area contributed by atoms with Gasteiger partial charge in [0.1, 0.15) is 0 Å². The monoisotopic (exact) mass is 366 g/mol. The number of amides is 1. The van der Waals surface area contributed by atoms with Gasteiger partial charge in [-0.3, -0.25) is 4.79 Å². The maximum absolute atomic E-state index is 12.8. The second-order valence-corrected chi connectivity index (χ2v) is 8.37. The van der Waals surface area contributed by atoms with E-state index in [2.05, 4.69) is 36.2 Å². The normalized spacial score (nSPS) is 18.6. The van der Waals surface area contributed by atoms with Crippen LogP contribution in [0, 0.1) is 11.8 Å². The minimum absolute atomic E-state index is 0.00213. The average molecular weight is 367 g/mol. The summed E-state index contributed by atoms with van der Waals surface area (Å²) in [7, 11) is 2.21. The Bertz CT molecular complexity index is 726. The van der Waals surface area contributed by atoms with E-state index in [1.54, 1.807) is 18.4 Å². The molecule has 1 aromatic heterocycles. The lowest BCUT2D eigenvalue weighted by molar-refractivity contribution is 0.0702. The van der Waals surface area contributed by atoms with Crippen molar-refractivity contribution in [3.63, 3.8) is 0 Å². The molecule has 1 aliphatic heterocycles. The van der Waals surface area contributed by atoms with Crippen molar-refractivity contribution < 1.29 is 9.21 Å². The smallest absolute Gasteiger partial charge is 0.289 e. The summed E-state index contributed by atoms with van der Waals surface area (Å²) in [6, 6.07) is 12.4. The van der Waals surface area contributed by atoms with Crippen molar-refractivity contribution in [2.45, 2.75) is 38.6 Å². The largest absolute Gasteiger partial charge is 0.459 e. The van der Waals surface area contributed by atoms with Crippen molar-refractivity contribution >= 4 is 5.91 Å². The van der Waals surface area contributed by atoms with Crippen LogP contribution in [-0.4, -0.2) is 42.4 Å². The van der Waals surface area contributed by atoms with Crippen molar-refractivity contribution in [2.75, 3.05) is 26.7 Å². The standard InChI is InChI=1S/C23H30N2O2/c1-24-12-10-19(11-13-24)15-18-4-6-20(7-5-18)16-25(17-21-8-9-21)23(26)22-3-2-14-27-22/h2-7,14,19,21H,8-13,15-17H2,1H3. The van der Waals surface area contributed by atoms with Gasteiger partial charge in [-0.25, -0.2) is 0 Å². The van der Waals surface area contributed by atoms with Gasteiger partial charge < -0.3 is 14.2 Å². The number of hydrogen-bond donors (Lipinski definition) is 0. The van der Waals surface area contributed by atoms with Gasteiger partial charge in [0, 0.05) is 13.1 Å². The highest BCUT2D eigenvalue weighted by molar-refractivity contribution is 5.91. The predicted octanol–water partition coefficient (Wildman–Crippen LogP) is 4.22. The van der Waals surface area contributed by atoms with Crippen molar-refractivity contribution in [3.8, 4) is 0 Å². The van der Waals surface area contributed by atoms with Crippen LogP contribution in [0.5, 0.6) is 0 Å². The van der Waals surface area contributed by atoms with E-state index in [9.17, 15) is 4.79 Å². The summed E-state index contributed by atoms with van der Waals surface area (Å²) in [5, 5.41) is 0. The Morgan fingerprint density at radius 3 is 2.37 bits per heavy atom. The van der Waals surface area contributed by atoms with Crippen molar-refractivity contribution in [1.82, 2.24) is 9.80 Å². The van der Waals surface area contributed by atoms with Gasteiger partial charge in [-0.1, -0.05) is 24.3 Å². The number of rotatable bonds is 7. The first-order chi connectivity index (χ1) is 13.2. The Balaban J connectivity index is 1.37. The van der Waals surface area contributed by atoms with Crippen LogP contribution in [-0.2, 0) is 13.0 Å². The molecule has 4 nitrogen and oxygen atoms in total. The average Bonchev–Trinajstić information content (AvgIpc) is 3.33. The number of carbonyl (C=O) groups is 1. The highest BCUT2D eigenvalue weighted by Crippen LogP contribution is 2.31. The minimum atomic E-state index is 0.00213. The first-order valence-electron chi connectivity index (χ1n) is 10.3. The van der Waals surface area contributed by atoms with Gasteiger partial charge in [0.2, 0.25) is 0 Å². The molecule has 144 valence electrons. The molecule has 0 N–H and O–H groups in total. The summed E-state index contributed by atoms with van der Waals surface area (Å²) in [6.07, 6.45) is 7.80. The van der Waals surface area contributed by atoms with Crippen LogP contribution >= 0.6 is 0 Å². The molecule has 1 saturated heterocycles.